The molecule has 1 N–H and O–H groups in total. The third kappa shape index (κ3) is 1.82. The van der Waals surface area contributed by atoms with E-state index in [1.165, 1.54) is 0 Å². The summed E-state index contributed by atoms with van der Waals surface area (Å²) in [6.07, 6.45) is 1.66. The van der Waals surface area contributed by atoms with Gasteiger partial charge in [0, 0.05) is 11.8 Å². The van der Waals surface area contributed by atoms with Crippen molar-refractivity contribution in [1.82, 2.24) is 10.6 Å². The lowest BCUT2D eigenvalue weighted by Crippen LogP contribution is -2.50. The predicted molar refractivity (Wildman–Crippen MR) is 67.9 cm³/mol. The second-order valence-corrected chi connectivity index (χ2v) is 5.74. The number of carbonyl (C=O) groups is 1. The number of amides is 1. The molecular formula is C13H17N3O3. The highest BCUT2D eigenvalue weighted by Crippen LogP contribution is 2.39. The van der Waals surface area contributed by atoms with Crippen LogP contribution in [0.15, 0.2) is 9.62 Å². The van der Waals surface area contributed by atoms with E-state index < -0.39 is 6.09 Å². The third-order valence-corrected chi connectivity index (χ3v) is 3.64. The van der Waals surface area contributed by atoms with Gasteiger partial charge in [0.05, 0.1) is 11.3 Å². The predicted octanol–water partition coefficient (Wildman–Crippen LogP) is 2.02. The van der Waals surface area contributed by atoms with Crippen molar-refractivity contribution in [2.75, 3.05) is 0 Å². The Bertz CT molecular complexity index is 559. The molecule has 102 valence electrons. The summed E-state index contributed by atoms with van der Waals surface area (Å²) in [5.41, 5.74) is 4.69. The molecule has 0 saturated carbocycles. The molecule has 0 radical (unpaired) electrons. The quantitative estimate of drug-likeness (QED) is 0.885. The smallest absolute Gasteiger partial charge is 0.428 e. The molecule has 1 aromatic heterocycles. The zero-order valence-electron chi connectivity index (χ0n) is 11.3. The van der Waals surface area contributed by atoms with Crippen LogP contribution in [-0.4, -0.2) is 23.1 Å². The van der Waals surface area contributed by atoms with Crippen LogP contribution in [0.25, 0.3) is 0 Å². The van der Waals surface area contributed by atoms with Gasteiger partial charge in [-0.3, -0.25) is 0 Å². The van der Waals surface area contributed by atoms with Crippen LogP contribution in [0.2, 0.25) is 0 Å². The summed E-state index contributed by atoms with van der Waals surface area (Å²) in [7, 11) is 0. The van der Waals surface area contributed by atoms with E-state index in [-0.39, 0.29) is 11.5 Å². The lowest BCUT2D eigenvalue weighted by Gasteiger charge is -2.38. The number of rotatable bonds is 2. The van der Waals surface area contributed by atoms with Gasteiger partial charge in [0.15, 0.2) is 6.10 Å². The van der Waals surface area contributed by atoms with E-state index in [4.69, 9.17) is 9.26 Å². The molecule has 0 saturated heterocycles. The number of hydrogen-bond donors (Lipinski definition) is 1. The SMILES string of the molecule is CCCc1noc2c1C1=NNC(=O)OC1C(C)(C)C2. The van der Waals surface area contributed by atoms with E-state index >= 15 is 0 Å². The summed E-state index contributed by atoms with van der Waals surface area (Å²) in [4.78, 5) is 11.4. The minimum absolute atomic E-state index is 0.243. The highest BCUT2D eigenvalue weighted by atomic mass is 16.6. The molecule has 19 heavy (non-hydrogen) atoms. The number of hydrazone groups is 1. The molecular weight excluding hydrogens is 246 g/mol. The standard InChI is InChI=1S/C13H17N3O3/c1-4-5-7-9-8(19-16-7)6-13(2,3)11-10(9)14-15-12(17)18-11/h11H,4-6H2,1-3H3,(H,15,17). The first-order valence-corrected chi connectivity index (χ1v) is 6.55. The van der Waals surface area contributed by atoms with Crippen molar-refractivity contribution in [2.24, 2.45) is 10.5 Å². The van der Waals surface area contributed by atoms with Crippen molar-refractivity contribution in [3.05, 3.63) is 17.0 Å². The number of nitrogens with one attached hydrogen (secondary N) is 1. The molecule has 1 aromatic rings. The van der Waals surface area contributed by atoms with Crippen LogP contribution in [0.1, 0.15) is 44.2 Å². The van der Waals surface area contributed by atoms with Crippen LogP contribution in [0.3, 0.4) is 0 Å². The van der Waals surface area contributed by atoms with Crippen molar-refractivity contribution in [2.45, 2.75) is 46.1 Å². The molecule has 2 heterocycles. The van der Waals surface area contributed by atoms with Gasteiger partial charge in [-0.25, -0.2) is 10.2 Å². The van der Waals surface area contributed by atoms with Crippen LogP contribution in [0, 0.1) is 5.41 Å². The lowest BCUT2D eigenvalue weighted by molar-refractivity contribution is 0.0511. The van der Waals surface area contributed by atoms with Gasteiger partial charge >= 0.3 is 6.09 Å². The van der Waals surface area contributed by atoms with Gasteiger partial charge in [0.2, 0.25) is 0 Å². The van der Waals surface area contributed by atoms with Gasteiger partial charge in [-0.05, 0) is 6.42 Å². The molecule has 0 spiro atoms. The van der Waals surface area contributed by atoms with Crippen LogP contribution >= 0.6 is 0 Å². The number of fused-ring (bicyclic) bond motifs is 3. The summed E-state index contributed by atoms with van der Waals surface area (Å²) >= 11 is 0. The molecule has 6 heteroatoms. The molecule has 1 aliphatic carbocycles. The van der Waals surface area contributed by atoms with Gasteiger partial charge in [-0.1, -0.05) is 32.3 Å². The number of ether oxygens (including phenoxy) is 1. The van der Waals surface area contributed by atoms with Gasteiger partial charge in [0.1, 0.15) is 11.5 Å². The fourth-order valence-electron chi connectivity index (χ4n) is 2.76. The molecule has 1 unspecified atom stereocenters. The molecule has 3 rings (SSSR count). The Kier molecular flexibility index (Phi) is 2.62. The van der Waals surface area contributed by atoms with Gasteiger partial charge in [-0.2, -0.15) is 5.10 Å². The van der Waals surface area contributed by atoms with E-state index in [9.17, 15) is 4.79 Å². The first-order chi connectivity index (χ1) is 9.03. The summed E-state index contributed by atoms with van der Waals surface area (Å²) in [6.45, 7) is 6.17. The van der Waals surface area contributed by atoms with Crippen LogP contribution < -0.4 is 5.43 Å². The van der Waals surface area contributed by atoms with Crippen molar-refractivity contribution in [1.29, 1.82) is 0 Å². The zero-order chi connectivity index (χ0) is 13.6. The lowest BCUT2D eigenvalue weighted by atomic mass is 9.72. The summed E-state index contributed by atoms with van der Waals surface area (Å²) in [6, 6.07) is 0. The molecule has 1 amide bonds. The van der Waals surface area contributed by atoms with Crippen molar-refractivity contribution < 1.29 is 14.1 Å². The monoisotopic (exact) mass is 263 g/mol. The van der Waals surface area contributed by atoms with Crippen LogP contribution in [-0.2, 0) is 17.6 Å². The second kappa shape index (κ2) is 4.08. The number of hydrogen-bond acceptors (Lipinski definition) is 5. The fraction of sp³-hybridized carbons (Fsp3) is 0.615. The Morgan fingerprint density at radius 3 is 3.00 bits per heavy atom. The number of carbonyl (C=O) groups excluding carboxylic acids is 1. The summed E-state index contributed by atoms with van der Waals surface area (Å²) in [5.74, 6) is 0.836. The number of aryl methyl sites for hydroxylation is 1. The maximum atomic E-state index is 11.4. The molecule has 0 aromatic carbocycles. The average Bonchev–Trinajstić information content (AvgIpc) is 2.72. The first-order valence-electron chi connectivity index (χ1n) is 6.55. The Labute approximate surface area is 111 Å². The van der Waals surface area contributed by atoms with E-state index in [0.29, 0.717) is 6.42 Å². The van der Waals surface area contributed by atoms with E-state index in [0.717, 1.165) is 35.6 Å². The number of nitrogens with zero attached hydrogens (tertiary/aromatic N) is 2. The molecule has 6 nitrogen and oxygen atoms in total. The number of aromatic nitrogens is 1. The summed E-state index contributed by atoms with van der Waals surface area (Å²) in [5, 5.41) is 8.32. The molecule has 2 aliphatic rings. The molecule has 0 fully saturated rings. The zero-order valence-corrected chi connectivity index (χ0v) is 11.3. The van der Waals surface area contributed by atoms with Gasteiger partial charge in [0.25, 0.3) is 0 Å². The third-order valence-electron chi connectivity index (χ3n) is 3.64. The van der Waals surface area contributed by atoms with Crippen molar-refractivity contribution in [3.63, 3.8) is 0 Å². The fourth-order valence-corrected chi connectivity index (χ4v) is 2.76. The van der Waals surface area contributed by atoms with Gasteiger partial charge < -0.3 is 9.26 Å². The Morgan fingerprint density at radius 2 is 2.26 bits per heavy atom. The first kappa shape index (κ1) is 12.2. The van der Waals surface area contributed by atoms with Crippen molar-refractivity contribution in [3.8, 4) is 0 Å². The molecule has 1 aliphatic heterocycles. The molecule has 1 atom stereocenters. The minimum atomic E-state index is -0.501. The summed E-state index contributed by atoms with van der Waals surface area (Å²) < 4.78 is 10.9. The maximum absolute atomic E-state index is 11.4. The van der Waals surface area contributed by atoms with E-state index in [2.05, 4.69) is 22.6 Å². The van der Waals surface area contributed by atoms with E-state index in [1.807, 2.05) is 13.8 Å². The normalized spacial score (nSPS) is 23.8. The van der Waals surface area contributed by atoms with E-state index in [1.54, 1.807) is 0 Å². The Balaban J connectivity index is 2.12. The van der Waals surface area contributed by atoms with Gasteiger partial charge in [-0.15, -0.1) is 0 Å². The highest BCUT2D eigenvalue weighted by Gasteiger charge is 2.47. The van der Waals surface area contributed by atoms with Crippen LogP contribution in [0.5, 0.6) is 0 Å². The highest BCUT2D eigenvalue weighted by molar-refractivity contribution is 6.08. The second-order valence-electron chi connectivity index (χ2n) is 5.74. The molecule has 0 bridgehead atoms. The van der Waals surface area contributed by atoms with Crippen LogP contribution in [0.4, 0.5) is 4.79 Å². The maximum Gasteiger partial charge on any atom is 0.428 e. The largest absolute Gasteiger partial charge is 0.438 e. The Hall–Kier alpha value is -1.85. The van der Waals surface area contributed by atoms with Crippen molar-refractivity contribution >= 4 is 11.8 Å². The minimum Gasteiger partial charge on any atom is -0.438 e. The topological polar surface area (TPSA) is 76.7 Å². The Morgan fingerprint density at radius 1 is 1.47 bits per heavy atom. The average molecular weight is 263 g/mol.